The van der Waals surface area contributed by atoms with E-state index >= 15 is 0 Å². The first-order valence-electron chi connectivity index (χ1n) is 6.80. The van der Waals surface area contributed by atoms with E-state index in [0.717, 1.165) is 18.8 Å². The van der Waals surface area contributed by atoms with Gasteiger partial charge in [0.15, 0.2) is 0 Å². The van der Waals surface area contributed by atoms with Gasteiger partial charge in [0, 0.05) is 23.6 Å². The van der Waals surface area contributed by atoms with Gasteiger partial charge in [-0.25, -0.2) is 4.79 Å². The smallest absolute Gasteiger partial charge is 0.337 e. The third kappa shape index (κ3) is 1.84. The average Bonchev–Trinajstić information content (AvgIpc) is 2.70. The quantitative estimate of drug-likeness (QED) is 0.735. The van der Waals surface area contributed by atoms with Crippen LogP contribution in [0.15, 0.2) is 18.2 Å². The molecular formula is C16H19NO2. The van der Waals surface area contributed by atoms with Gasteiger partial charge < -0.3 is 9.30 Å². The molecule has 1 aromatic carbocycles. The minimum Gasteiger partial charge on any atom is -0.465 e. The van der Waals surface area contributed by atoms with Crippen LogP contribution < -0.4 is 0 Å². The Kier molecular flexibility index (Phi) is 2.85. The van der Waals surface area contributed by atoms with Gasteiger partial charge >= 0.3 is 5.97 Å². The summed E-state index contributed by atoms with van der Waals surface area (Å²) >= 11 is 0. The summed E-state index contributed by atoms with van der Waals surface area (Å²) in [5, 5.41) is 1.21. The van der Waals surface area contributed by atoms with Gasteiger partial charge in [-0.2, -0.15) is 0 Å². The van der Waals surface area contributed by atoms with Crippen molar-refractivity contribution >= 4 is 16.9 Å². The number of rotatable bonds is 1. The summed E-state index contributed by atoms with van der Waals surface area (Å²) in [5.41, 5.74) is 4.70. The molecule has 1 aliphatic rings. The van der Waals surface area contributed by atoms with Crippen LogP contribution in [0.3, 0.4) is 0 Å². The van der Waals surface area contributed by atoms with E-state index in [1.54, 1.807) is 0 Å². The van der Waals surface area contributed by atoms with Gasteiger partial charge in [-0.05, 0) is 48.9 Å². The van der Waals surface area contributed by atoms with Gasteiger partial charge in [-0.1, -0.05) is 6.92 Å². The molecule has 0 radical (unpaired) electrons. The number of methoxy groups -OCH3 is 1. The second-order valence-corrected chi connectivity index (χ2v) is 5.56. The molecular weight excluding hydrogens is 238 g/mol. The van der Waals surface area contributed by atoms with Crippen molar-refractivity contribution in [2.75, 3.05) is 7.11 Å². The molecule has 1 aliphatic carbocycles. The lowest BCUT2D eigenvalue weighted by Crippen LogP contribution is -2.12. The van der Waals surface area contributed by atoms with Crippen molar-refractivity contribution in [1.82, 2.24) is 4.57 Å². The Bertz CT molecular complexity index is 654. The molecule has 0 bridgehead atoms. The van der Waals surface area contributed by atoms with Crippen molar-refractivity contribution < 1.29 is 9.53 Å². The van der Waals surface area contributed by atoms with Crippen LogP contribution in [0.25, 0.3) is 10.9 Å². The van der Waals surface area contributed by atoms with E-state index in [0.29, 0.717) is 5.56 Å². The molecule has 3 heteroatoms. The highest BCUT2D eigenvalue weighted by Gasteiger charge is 2.22. The van der Waals surface area contributed by atoms with Crippen molar-refractivity contribution in [3.05, 3.63) is 35.0 Å². The first kappa shape index (κ1) is 12.3. The van der Waals surface area contributed by atoms with Crippen LogP contribution in [-0.2, 0) is 24.6 Å². The Morgan fingerprint density at radius 3 is 2.95 bits per heavy atom. The van der Waals surface area contributed by atoms with Gasteiger partial charge in [-0.15, -0.1) is 0 Å². The van der Waals surface area contributed by atoms with Crippen LogP contribution in [0, 0.1) is 5.92 Å². The van der Waals surface area contributed by atoms with Crippen molar-refractivity contribution in [2.24, 2.45) is 13.0 Å². The van der Waals surface area contributed by atoms with Crippen LogP contribution >= 0.6 is 0 Å². The zero-order valence-corrected chi connectivity index (χ0v) is 11.7. The number of carbonyl (C=O) groups is 1. The minimum atomic E-state index is -0.261. The van der Waals surface area contributed by atoms with E-state index in [4.69, 9.17) is 4.74 Å². The number of hydrogen-bond acceptors (Lipinski definition) is 2. The van der Waals surface area contributed by atoms with Gasteiger partial charge in [0.2, 0.25) is 0 Å². The molecule has 3 nitrogen and oxygen atoms in total. The number of hydrogen-bond donors (Lipinski definition) is 0. The molecule has 0 saturated carbocycles. The highest BCUT2D eigenvalue weighted by Crippen LogP contribution is 2.34. The number of fused-ring (bicyclic) bond motifs is 3. The fourth-order valence-corrected chi connectivity index (χ4v) is 3.20. The molecule has 0 amide bonds. The molecule has 0 fully saturated rings. The fourth-order valence-electron chi connectivity index (χ4n) is 3.20. The number of esters is 1. The summed E-state index contributed by atoms with van der Waals surface area (Å²) in [5.74, 6) is 0.461. The highest BCUT2D eigenvalue weighted by molar-refractivity contribution is 5.96. The van der Waals surface area contributed by atoms with Crippen molar-refractivity contribution in [1.29, 1.82) is 0 Å². The minimum absolute atomic E-state index is 0.261. The van der Waals surface area contributed by atoms with Gasteiger partial charge in [0.25, 0.3) is 0 Å². The van der Waals surface area contributed by atoms with Gasteiger partial charge in [-0.3, -0.25) is 0 Å². The molecule has 3 rings (SSSR count). The Hall–Kier alpha value is -1.77. The van der Waals surface area contributed by atoms with E-state index in [9.17, 15) is 4.79 Å². The van der Waals surface area contributed by atoms with E-state index in [1.807, 2.05) is 18.2 Å². The first-order valence-corrected chi connectivity index (χ1v) is 6.80. The zero-order valence-electron chi connectivity index (χ0n) is 11.7. The van der Waals surface area contributed by atoms with Crippen molar-refractivity contribution in [2.45, 2.75) is 26.2 Å². The molecule has 0 aliphatic heterocycles. The molecule has 0 saturated heterocycles. The zero-order chi connectivity index (χ0) is 13.6. The number of nitrogens with zero attached hydrogens (tertiary/aromatic N) is 1. The summed E-state index contributed by atoms with van der Waals surface area (Å²) in [4.78, 5) is 11.7. The Labute approximate surface area is 113 Å². The van der Waals surface area contributed by atoms with Crippen LogP contribution in [-0.4, -0.2) is 17.6 Å². The predicted molar refractivity (Wildman–Crippen MR) is 75.4 cm³/mol. The second-order valence-electron chi connectivity index (χ2n) is 5.56. The molecule has 0 spiro atoms. The van der Waals surface area contributed by atoms with Gasteiger partial charge in [0.05, 0.1) is 12.7 Å². The summed E-state index contributed by atoms with van der Waals surface area (Å²) in [6.07, 6.45) is 3.49. The van der Waals surface area contributed by atoms with Crippen molar-refractivity contribution in [3.63, 3.8) is 0 Å². The SMILES string of the molecule is COC(=O)c1ccc2c(c1)c1c(n2C)CCC(C)C1. The number of aromatic nitrogens is 1. The third-order valence-electron chi connectivity index (χ3n) is 4.28. The molecule has 0 N–H and O–H groups in total. The third-order valence-corrected chi connectivity index (χ3v) is 4.28. The van der Waals surface area contributed by atoms with E-state index < -0.39 is 0 Å². The summed E-state index contributed by atoms with van der Waals surface area (Å²) in [7, 11) is 3.55. The maximum Gasteiger partial charge on any atom is 0.337 e. The maximum absolute atomic E-state index is 11.7. The molecule has 1 atom stereocenters. The maximum atomic E-state index is 11.7. The second kappa shape index (κ2) is 4.41. The van der Waals surface area contributed by atoms with Crippen LogP contribution in [0.5, 0.6) is 0 Å². The van der Waals surface area contributed by atoms with Crippen molar-refractivity contribution in [3.8, 4) is 0 Å². The topological polar surface area (TPSA) is 31.2 Å². The Morgan fingerprint density at radius 1 is 1.42 bits per heavy atom. The summed E-state index contributed by atoms with van der Waals surface area (Å²) in [6.45, 7) is 2.30. The summed E-state index contributed by atoms with van der Waals surface area (Å²) < 4.78 is 7.09. The van der Waals surface area contributed by atoms with Gasteiger partial charge in [0.1, 0.15) is 0 Å². The number of carbonyl (C=O) groups excluding carboxylic acids is 1. The standard InChI is InChI=1S/C16H19NO2/c1-10-4-6-14-12(8-10)13-9-11(16(18)19-3)5-7-15(13)17(14)2/h5,7,9-10H,4,6,8H2,1-3H3. The lowest BCUT2D eigenvalue weighted by molar-refractivity contribution is 0.0601. The van der Waals surface area contributed by atoms with Crippen LogP contribution in [0.2, 0.25) is 0 Å². The summed E-state index contributed by atoms with van der Waals surface area (Å²) in [6, 6.07) is 5.87. The highest BCUT2D eigenvalue weighted by atomic mass is 16.5. The average molecular weight is 257 g/mol. The molecule has 1 heterocycles. The fraction of sp³-hybridized carbons (Fsp3) is 0.438. The van der Waals surface area contributed by atoms with Crippen LogP contribution in [0.4, 0.5) is 0 Å². The molecule has 19 heavy (non-hydrogen) atoms. The first-order chi connectivity index (χ1) is 9.11. The van der Waals surface area contributed by atoms with E-state index in [-0.39, 0.29) is 5.97 Å². The molecule has 100 valence electrons. The predicted octanol–water partition coefficient (Wildman–Crippen LogP) is 3.09. The Morgan fingerprint density at radius 2 is 2.21 bits per heavy atom. The number of benzene rings is 1. The largest absolute Gasteiger partial charge is 0.465 e. The lowest BCUT2D eigenvalue weighted by atomic mass is 9.87. The lowest BCUT2D eigenvalue weighted by Gasteiger charge is -2.19. The van der Waals surface area contributed by atoms with E-state index in [1.165, 1.54) is 35.7 Å². The number of aryl methyl sites for hydroxylation is 1. The van der Waals surface area contributed by atoms with E-state index in [2.05, 4.69) is 18.5 Å². The molecule has 1 aromatic heterocycles. The normalized spacial score (nSPS) is 18.4. The molecule has 2 aromatic rings. The van der Waals surface area contributed by atoms with Crippen LogP contribution in [0.1, 0.15) is 35.0 Å². The number of ether oxygens (including phenoxy) is 1. The Balaban J connectivity index is 2.22. The monoisotopic (exact) mass is 257 g/mol. The molecule has 1 unspecified atom stereocenters.